The fourth-order valence-corrected chi connectivity index (χ4v) is 1.49. The number of nitrogens with one attached hydrogen (secondary N) is 1. The Morgan fingerprint density at radius 1 is 1.73 bits per heavy atom. The second-order valence-electron chi connectivity index (χ2n) is 3.23. The summed E-state index contributed by atoms with van der Waals surface area (Å²) in [4.78, 5) is 2.49. The first-order chi connectivity index (χ1) is 5.33. The maximum absolute atomic E-state index is 3.72. The van der Waals surface area contributed by atoms with Crippen LogP contribution in [0.4, 0.5) is 0 Å². The van der Waals surface area contributed by atoms with Gasteiger partial charge < -0.3 is 10.2 Å². The summed E-state index contributed by atoms with van der Waals surface area (Å²) in [6, 6.07) is 0.661. The third kappa shape index (κ3) is 3.04. The molecule has 1 aliphatic rings. The predicted molar refractivity (Wildman–Crippen MR) is 48.7 cm³/mol. The van der Waals surface area contributed by atoms with Gasteiger partial charge in [-0.3, -0.25) is 0 Å². The molecular weight excluding hydrogens is 136 g/mol. The van der Waals surface area contributed by atoms with Crippen LogP contribution in [0.1, 0.15) is 13.3 Å². The van der Waals surface area contributed by atoms with Crippen LogP contribution in [-0.2, 0) is 0 Å². The molecule has 0 aromatic heterocycles. The quantitative estimate of drug-likeness (QED) is 0.606. The molecule has 64 valence electrons. The van der Waals surface area contributed by atoms with Crippen molar-refractivity contribution in [1.29, 1.82) is 0 Å². The van der Waals surface area contributed by atoms with Crippen LogP contribution in [0.15, 0.2) is 12.7 Å². The van der Waals surface area contributed by atoms with E-state index in [4.69, 9.17) is 0 Å². The van der Waals surface area contributed by atoms with Gasteiger partial charge in [-0.1, -0.05) is 6.08 Å². The van der Waals surface area contributed by atoms with Crippen molar-refractivity contribution in [1.82, 2.24) is 10.2 Å². The minimum atomic E-state index is 0.661. The van der Waals surface area contributed by atoms with E-state index in [1.807, 2.05) is 6.08 Å². The predicted octanol–water partition coefficient (Wildman–Crippen LogP) is 0.856. The lowest BCUT2D eigenvalue weighted by Crippen LogP contribution is -2.49. The zero-order valence-corrected chi connectivity index (χ0v) is 7.34. The van der Waals surface area contributed by atoms with Gasteiger partial charge in [-0.05, 0) is 13.3 Å². The summed E-state index contributed by atoms with van der Waals surface area (Å²) in [5, 5.41) is 3.42. The fraction of sp³-hybridized carbons (Fsp3) is 0.778. The Balaban J connectivity index is 2.17. The number of hydrogen-bond donors (Lipinski definition) is 1. The topological polar surface area (TPSA) is 15.3 Å². The molecule has 11 heavy (non-hydrogen) atoms. The minimum absolute atomic E-state index is 0.661. The van der Waals surface area contributed by atoms with Gasteiger partial charge in [-0.25, -0.2) is 0 Å². The van der Waals surface area contributed by atoms with E-state index in [9.17, 15) is 0 Å². The van der Waals surface area contributed by atoms with Crippen LogP contribution in [-0.4, -0.2) is 37.1 Å². The van der Waals surface area contributed by atoms with Crippen LogP contribution in [0, 0.1) is 0 Å². The number of nitrogens with zero attached hydrogens (tertiary/aromatic N) is 1. The average Bonchev–Trinajstić information content (AvgIpc) is 2.01. The van der Waals surface area contributed by atoms with Gasteiger partial charge >= 0.3 is 0 Å². The summed E-state index contributed by atoms with van der Waals surface area (Å²) in [5.41, 5.74) is 0. The smallest absolute Gasteiger partial charge is 0.0167 e. The summed E-state index contributed by atoms with van der Waals surface area (Å²) in [6.45, 7) is 10.7. The summed E-state index contributed by atoms with van der Waals surface area (Å²) >= 11 is 0. The molecule has 2 nitrogen and oxygen atoms in total. The lowest BCUT2D eigenvalue weighted by molar-refractivity contribution is 0.210. The highest BCUT2D eigenvalue weighted by Gasteiger charge is 2.13. The third-order valence-electron chi connectivity index (χ3n) is 2.10. The van der Waals surface area contributed by atoms with Gasteiger partial charge in [0.1, 0.15) is 0 Å². The monoisotopic (exact) mass is 154 g/mol. The molecule has 1 aliphatic heterocycles. The van der Waals surface area contributed by atoms with Crippen molar-refractivity contribution in [2.24, 2.45) is 0 Å². The minimum Gasteiger partial charge on any atom is -0.312 e. The summed E-state index contributed by atoms with van der Waals surface area (Å²) in [6.07, 6.45) is 3.11. The molecule has 1 atom stereocenters. The Morgan fingerprint density at radius 3 is 3.18 bits per heavy atom. The van der Waals surface area contributed by atoms with Crippen LogP contribution in [0.25, 0.3) is 0 Å². The van der Waals surface area contributed by atoms with Gasteiger partial charge in [0, 0.05) is 32.2 Å². The van der Waals surface area contributed by atoms with E-state index >= 15 is 0 Å². The van der Waals surface area contributed by atoms with Crippen LogP contribution < -0.4 is 5.32 Å². The second-order valence-corrected chi connectivity index (χ2v) is 3.23. The molecule has 1 heterocycles. The first-order valence-corrected chi connectivity index (χ1v) is 4.39. The molecule has 2 heteroatoms. The van der Waals surface area contributed by atoms with Crippen LogP contribution in [0.3, 0.4) is 0 Å². The molecule has 0 aromatic rings. The van der Waals surface area contributed by atoms with E-state index in [2.05, 4.69) is 23.7 Å². The summed E-state index contributed by atoms with van der Waals surface area (Å²) in [5.74, 6) is 0. The maximum atomic E-state index is 3.72. The zero-order chi connectivity index (χ0) is 8.10. The van der Waals surface area contributed by atoms with Gasteiger partial charge in [-0.2, -0.15) is 0 Å². The maximum Gasteiger partial charge on any atom is 0.0167 e. The second kappa shape index (κ2) is 4.52. The highest BCUT2D eigenvalue weighted by atomic mass is 15.2. The van der Waals surface area contributed by atoms with Crippen molar-refractivity contribution in [3.05, 3.63) is 12.7 Å². The highest BCUT2D eigenvalue weighted by molar-refractivity contribution is 4.77. The molecule has 0 aromatic carbocycles. The molecule has 0 bridgehead atoms. The van der Waals surface area contributed by atoms with Crippen LogP contribution in [0.2, 0.25) is 0 Å². The standard InChI is InChI=1S/C9H18N2/c1-3-4-6-11-7-5-10-9(2)8-11/h3,9-10H,1,4-8H2,2H3. The first kappa shape index (κ1) is 8.75. The lowest BCUT2D eigenvalue weighted by Gasteiger charge is -2.31. The number of hydrogen-bond acceptors (Lipinski definition) is 2. The first-order valence-electron chi connectivity index (χ1n) is 4.39. The van der Waals surface area contributed by atoms with Gasteiger partial charge in [0.2, 0.25) is 0 Å². The third-order valence-corrected chi connectivity index (χ3v) is 2.10. The zero-order valence-electron chi connectivity index (χ0n) is 7.34. The Labute approximate surface area is 69.3 Å². The van der Waals surface area contributed by atoms with Crippen molar-refractivity contribution in [2.75, 3.05) is 26.2 Å². The largest absolute Gasteiger partial charge is 0.312 e. The molecule has 1 unspecified atom stereocenters. The van der Waals surface area contributed by atoms with E-state index in [1.165, 1.54) is 19.6 Å². The van der Waals surface area contributed by atoms with Crippen molar-refractivity contribution in [3.8, 4) is 0 Å². The molecule has 1 N–H and O–H groups in total. The van der Waals surface area contributed by atoms with Gasteiger partial charge in [0.15, 0.2) is 0 Å². The van der Waals surface area contributed by atoms with Crippen LogP contribution in [0.5, 0.6) is 0 Å². The number of piperazine rings is 1. The van der Waals surface area contributed by atoms with E-state index in [-0.39, 0.29) is 0 Å². The molecule has 0 radical (unpaired) electrons. The fourth-order valence-electron chi connectivity index (χ4n) is 1.49. The Bertz CT molecular complexity index is 123. The Morgan fingerprint density at radius 2 is 2.55 bits per heavy atom. The van der Waals surface area contributed by atoms with Crippen molar-refractivity contribution < 1.29 is 0 Å². The normalized spacial score (nSPS) is 26.8. The van der Waals surface area contributed by atoms with E-state index in [0.717, 1.165) is 13.0 Å². The van der Waals surface area contributed by atoms with Gasteiger partial charge in [-0.15, -0.1) is 6.58 Å². The summed E-state index contributed by atoms with van der Waals surface area (Å²) in [7, 11) is 0. The van der Waals surface area contributed by atoms with Crippen LogP contribution >= 0.6 is 0 Å². The lowest BCUT2D eigenvalue weighted by atomic mass is 10.2. The molecule has 0 aliphatic carbocycles. The highest BCUT2D eigenvalue weighted by Crippen LogP contribution is 1.99. The van der Waals surface area contributed by atoms with E-state index < -0.39 is 0 Å². The van der Waals surface area contributed by atoms with E-state index in [1.54, 1.807) is 0 Å². The average molecular weight is 154 g/mol. The molecule has 1 fully saturated rings. The van der Waals surface area contributed by atoms with Crippen molar-refractivity contribution in [2.45, 2.75) is 19.4 Å². The number of rotatable bonds is 3. The summed E-state index contributed by atoms with van der Waals surface area (Å²) < 4.78 is 0. The van der Waals surface area contributed by atoms with Gasteiger partial charge in [0.25, 0.3) is 0 Å². The molecule has 1 saturated heterocycles. The Kier molecular flexibility index (Phi) is 3.60. The Hall–Kier alpha value is -0.340. The molecule has 0 saturated carbocycles. The van der Waals surface area contributed by atoms with Crippen molar-refractivity contribution >= 4 is 0 Å². The van der Waals surface area contributed by atoms with E-state index in [0.29, 0.717) is 6.04 Å². The molecular formula is C9H18N2. The molecule has 0 spiro atoms. The van der Waals surface area contributed by atoms with Gasteiger partial charge in [0.05, 0.1) is 0 Å². The SMILES string of the molecule is C=CCCN1CCNC(C)C1. The van der Waals surface area contributed by atoms with Crippen molar-refractivity contribution in [3.63, 3.8) is 0 Å². The molecule has 1 rings (SSSR count). The molecule has 0 amide bonds.